The molecule has 1 unspecified atom stereocenters. The SMILES string of the molecule is O=C(Cn1cnnn1)N1CCCC(OCCc2noc(C3CCOCC3)n2)C1. The lowest BCUT2D eigenvalue weighted by atomic mass is 10.0. The van der Waals surface area contributed by atoms with E-state index in [-0.39, 0.29) is 18.6 Å². The second-order valence-electron chi connectivity index (χ2n) is 7.17. The molecule has 0 aromatic carbocycles. The minimum atomic E-state index is -0.000119. The van der Waals surface area contributed by atoms with E-state index >= 15 is 0 Å². The third-order valence-electron chi connectivity index (χ3n) is 5.15. The van der Waals surface area contributed by atoms with Crippen molar-refractivity contribution in [3.8, 4) is 0 Å². The Balaban J connectivity index is 1.20. The average molecular weight is 391 g/mol. The summed E-state index contributed by atoms with van der Waals surface area (Å²) in [5.74, 6) is 1.67. The van der Waals surface area contributed by atoms with E-state index in [0.717, 1.165) is 45.4 Å². The second kappa shape index (κ2) is 9.20. The number of piperidine rings is 1. The minimum Gasteiger partial charge on any atom is -0.381 e. The molecule has 11 heteroatoms. The number of carbonyl (C=O) groups is 1. The van der Waals surface area contributed by atoms with Crippen LogP contribution in [-0.4, -0.2) is 80.2 Å². The van der Waals surface area contributed by atoms with Crippen molar-refractivity contribution in [1.29, 1.82) is 0 Å². The molecule has 28 heavy (non-hydrogen) atoms. The van der Waals surface area contributed by atoms with Gasteiger partial charge in [-0.2, -0.15) is 4.98 Å². The first-order valence-corrected chi connectivity index (χ1v) is 9.78. The Morgan fingerprint density at radius 1 is 1.29 bits per heavy atom. The number of hydrogen-bond donors (Lipinski definition) is 0. The van der Waals surface area contributed by atoms with Gasteiger partial charge in [-0.25, -0.2) is 4.68 Å². The van der Waals surface area contributed by atoms with Crippen LogP contribution >= 0.6 is 0 Å². The van der Waals surface area contributed by atoms with Gasteiger partial charge in [0, 0.05) is 38.6 Å². The van der Waals surface area contributed by atoms with Crippen LogP contribution in [0.25, 0.3) is 0 Å². The molecule has 0 aliphatic carbocycles. The molecule has 2 aromatic rings. The first-order chi connectivity index (χ1) is 13.8. The molecule has 2 aromatic heterocycles. The molecule has 4 rings (SSSR count). The maximum Gasteiger partial charge on any atom is 0.244 e. The zero-order valence-electron chi connectivity index (χ0n) is 15.8. The van der Waals surface area contributed by atoms with Gasteiger partial charge in [-0.05, 0) is 36.1 Å². The number of amides is 1. The molecule has 0 spiro atoms. The van der Waals surface area contributed by atoms with Gasteiger partial charge < -0.3 is 18.9 Å². The van der Waals surface area contributed by atoms with Gasteiger partial charge in [0.1, 0.15) is 12.9 Å². The van der Waals surface area contributed by atoms with Crippen LogP contribution in [0.4, 0.5) is 0 Å². The number of tetrazole rings is 1. The van der Waals surface area contributed by atoms with Crippen LogP contribution in [0, 0.1) is 0 Å². The summed E-state index contributed by atoms with van der Waals surface area (Å²) in [6.07, 6.45) is 5.77. The monoisotopic (exact) mass is 391 g/mol. The zero-order chi connectivity index (χ0) is 19.2. The molecule has 152 valence electrons. The molecule has 11 nitrogen and oxygen atoms in total. The van der Waals surface area contributed by atoms with Gasteiger partial charge in [-0.15, -0.1) is 5.10 Å². The third-order valence-corrected chi connectivity index (χ3v) is 5.15. The topological polar surface area (TPSA) is 121 Å². The minimum absolute atomic E-state index is 0.000119. The van der Waals surface area contributed by atoms with Gasteiger partial charge in [0.25, 0.3) is 0 Å². The molecule has 0 bridgehead atoms. The van der Waals surface area contributed by atoms with Gasteiger partial charge >= 0.3 is 0 Å². The summed E-state index contributed by atoms with van der Waals surface area (Å²) in [6, 6.07) is 0. The smallest absolute Gasteiger partial charge is 0.244 e. The van der Waals surface area contributed by atoms with Crippen LogP contribution < -0.4 is 0 Å². The van der Waals surface area contributed by atoms with Crippen LogP contribution in [0.15, 0.2) is 10.9 Å². The van der Waals surface area contributed by atoms with Crippen LogP contribution in [0.3, 0.4) is 0 Å². The molecule has 2 fully saturated rings. The van der Waals surface area contributed by atoms with Crippen molar-refractivity contribution < 1.29 is 18.8 Å². The fraction of sp³-hybridized carbons (Fsp3) is 0.765. The van der Waals surface area contributed by atoms with Crippen LogP contribution in [-0.2, 0) is 27.2 Å². The lowest BCUT2D eigenvalue weighted by molar-refractivity contribution is -0.136. The molecule has 2 aliphatic rings. The number of ether oxygens (including phenoxy) is 2. The Morgan fingerprint density at radius 3 is 3.00 bits per heavy atom. The Hall–Kier alpha value is -2.40. The molecule has 0 radical (unpaired) electrons. The predicted molar refractivity (Wildman–Crippen MR) is 94.2 cm³/mol. The number of rotatable bonds is 7. The molecule has 0 saturated carbocycles. The van der Waals surface area contributed by atoms with E-state index in [1.165, 1.54) is 11.0 Å². The lowest BCUT2D eigenvalue weighted by Crippen LogP contribution is -2.44. The Bertz CT molecular complexity index is 745. The fourth-order valence-electron chi connectivity index (χ4n) is 3.59. The quantitative estimate of drug-likeness (QED) is 0.651. The zero-order valence-corrected chi connectivity index (χ0v) is 15.8. The fourth-order valence-corrected chi connectivity index (χ4v) is 3.59. The van der Waals surface area contributed by atoms with Gasteiger partial charge in [-0.3, -0.25) is 4.79 Å². The highest BCUT2D eigenvalue weighted by molar-refractivity contribution is 5.76. The number of likely N-dealkylation sites (tertiary alicyclic amines) is 1. The van der Waals surface area contributed by atoms with Gasteiger partial charge in [0.15, 0.2) is 5.82 Å². The highest BCUT2D eigenvalue weighted by atomic mass is 16.5. The maximum atomic E-state index is 12.4. The number of hydrogen-bond acceptors (Lipinski definition) is 9. The first-order valence-electron chi connectivity index (χ1n) is 9.78. The van der Waals surface area contributed by atoms with E-state index in [4.69, 9.17) is 14.0 Å². The van der Waals surface area contributed by atoms with Gasteiger partial charge in [0.05, 0.1) is 12.7 Å². The van der Waals surface area contributed by atoms with Crippen molar-refractivity contribution >= 4 is 5.91 Å². The third kappa shape index (κ3) is 4.90. The van der Waals surface area contributed by atoms with Crippen molar-refractivity contribution in [2.24, 2.45) is 0 Å². The van der Waals surface area contributed by atoms with Gasteiger partial charge in [0.2, 0.25) is 11.8 Å². The summed E-state index contributed by atoms with van der Waals surface area (Å²) in [7, 11) is 0. The first kappa shape index (κ1) is 18.9. The summed E-state index contributed by atoms with van der Waals surface area (Å²) in [4.78, 5) is 18.7. The largest absolute Gasteiger partial charge is 0.381 e. The van der Waals surface area contributed by atoms with E-state index in [2.05, 4.69) is 25.7 Å². The number of nitrogens with zero attached hydrogens (tertiary/aromatic N) is 7. The molecular formula is C17H25N7O4. The number of carbonyl (C=O) groups excluding carboxylic acids is 1. The molecule has 2 aliphatic heterocycles. The van der Waals surface area contributed by atoms with Crippen LogP contribution in [0.5, 0.6) is 0 Å². The summed E-state index contributed by atoms with van der Waals surface area (Å²) in [5, 5.41) is 14.9. The van der Waals surface area contributed by atoms with E-state index in [1.807, 2.05) is 4.90 Å². The Morgan fingerprint density at radius 2 is 2.18 bits per heavy atom. The summed E-state index contributed by atoms with van der Waals surface area (Å²) in [5.41, 5.74) is 0. The summed E-state index contributed by atoms with van der Waals surface area (Å²) in [6.45, 7) is 3.47. The molecule has 1 atom stereocenters. The Kier molecular flexibility index (Phi) is 6.22. The van der Waals surface area contributed by atoms with Crippen molar-refractivity contribution in [3.63, 3.8) is 0 Å². The molecule has 1 amide bonds. The molecular weight excluding hydrogens is 366 g/mol. The predicted octanol–water partition coefficient (Wildman–Crippen LogP) is 0.200. The summed E-state index contributed by atoms with van der Waals surface area (Å²) < 4.78 is 18.2. The van der Waals surface area contributed by atoms with E-state index in [1.54, 1.807) is 0 Å². The molecule has 2 saturated heterocycles. The average Bonchev–Trinajstić information content (AvgIpc) is 3.41. The highest BCUT2D eigenvalue weighted by Crippen LogP contribution is 2.25. The van der Waals surface area contributed by atoms with Crippen LogP contribution in [0.2, 0.25) is 0 Å². The van der Waals surface area contributed by atoms with Crippen molar-refractivity contribution in [3.05, 3.63) is 18.0 Å². The Labute approximate surface area is 162 Å². The maximum absolute atomic E-state index is 12.4. The van der Waals surface area contributed by atoms with Crippen molar-refractivity contribution in [1.82, 2.24) is 35.2 Å². The standard InChI is InChI=1S/C17H25N7O4/c25-16(11-24-12-18-21-22-24)23-6-1-2-14(10-23)27-9-5-15-19-17(28-20-15)13-3-7-26-8-4-13/h12-14H,1-11H2. The second-order valence-corrected chi connectivity index (χ2v) is 7.17. The molecule has 0 N–H and O–H groups in total. The lowest BCUT2D eigenvalue weighted by Gasteiger charge is -2.32. The van der Waals surface area contributed by atoms with E-state index < -0.39 is 0 Å². The van der Waals surface area contributed by atoms with Crippen molar-refractivity contribution in [2.75, 3.05) is 32.9 Å². The van der Waals surface area contributed by atoms with E-state index in [9.17, 15) is 4.79 Å². The van der Waals surface area contributed by atoms with Gasteiger partial charge in [-0.1, -0.05) is 5.16 Å². The van der Waals surface area contributed by atoms with E-state index in [0.29, 0.717) is 37.2 Å². The van der Waals surface area contributed by atoms with Crippen molar-refractivity contribution in [2.45, 2.75) is 50.7 Å². The highest BCUT2D eigenvalue weighted by Gasteiger charge is 2.25. The normalized spacial score (nSPS) is 21.1. The number of aromatic nitrogens is 6. The van der Waals surface area contributed by atoms with Crippen LogP contribution in [0.1, 0.15) is 43.3 Å². The molecule has 4 heterocycles. The summed E-state index contributed by atoms with van der Waals surface area (Å²) >= 11 is 0.